The minimum absolute atomic E-state index is 0.160. The van der Waals surface area contributed by atoms with E-state index in [4.69, 9.17) is 5.73 Å². The van der Waals surface area contributed by atoms with Crippen molar-refractivity contribution < 1.29 is 4.79 Å². The SMILES string of the molecule is Cc1ccc(C(=O)Nc2c(C)ccc(N)c2C)c(C)n1. The van der Waals surface area contributed by atoms with Crippen LogP contribution in [0, 0.1) is 27.7 Å². The molecule has 1 amide bonds. The van der Waals surface area contributed by atoms with Crippen molar-refractivity contribution in [3.63, 3.8) is 0 Å². The molecule has 4 nitrogen and oxygen atoms in total. The fourth-order valence-corrected chi connectivity index (χ4v) is 2.16. The number of pyridine rings is 1. The summed E-state index contributed by atoms with van der Waals surface area (Å²) in [5.74, 6) is -0.160. The van der Waals surface area contributed by atoms with Crippen molar-refractivity contribution in [1.29, 1.82) is 0 Å². The molecule has 1 aromatic heterocycles. The number of aromatic nitrogens is 1. The molecule has 0 spiro atoms. The van der Waals surface area contributed by atoms with Crippen molar-refractivity contribution in [2.45, 2.75) is 27.7 Å². The Labute approximate surface area is 119 Å². The molecule has 0 aliphatic rings. The molecule has 0 bridgehead atoms. The van der Waals surface area contributed by atoms with Gasteiger partial charge >= 0.3 is 0 Å². The van der Waals surface area contributed by atoms with Crippen molar-refractivity contribution in [2.75, 3.05) is 11.1 Å². The molecule has 104 valence electrons. The van der Waals surface area contributed by atoms with Gasteiger partial charge in [-0.05, 0) is 57.0 Å². The highest BCUT2D eigenvalue weighted by Crippen LogP contribution is 2.25. The number of nitrogen functional groups attached to an aromatic ring is 1. The van der Waals surface area contributed by atoms with Crippen molar-refractivity contribution in [2.24, 2.45) is 0 Å². The van der Waals surface area contributed by atoms with E-state index in [-0.39, 0.29) is 5.91 Å². The number of hydrogen-bond donors (Lipinski definition) is 2. The van der Waals surface area contributed by atoms with Gasteiger partial charge in [0.15, 0.2) is 0 Å². The maximum atomic E-state index is 12.4. The molecule has 0 aliphatic carbocycles. The largest absolute Gasteiger partial charge is 0.398 e. The Morgan fingerprint density at radius 3 is 2.45 bits per heavy atom. The number of nitrogens with two attached hydrogens (primary N) is 1. The molecule has 0 fully saturated rings. The van der Waals surface area contributed by atoms with Gasteiger partial charge in [-0.2, -0.15) is 0 Å². The van der Waals surface area contributed by atoms with Gasteiger partial charge in [-0.25, -0.2) is 0 Å². The average Bonchev–Trinajstić information content (AvgIpc) is 2.39. The number of nitrogens with zero attached hydrogens (tertiary/aromatic N) is 1. The van der Waals surface area contributed by atoms with Gasteiger partial charge in [-0.1, -0.05) is 6.07 Å². The third-order valence-electron chi connectivity index (χ3n) is 3.42. The van der Waals surface area contributed by atoms with Gasteiger partial charge in [-0.15, -0.1) is 0 Å². The van der Waals surface area contributed by atoms with Gasteiger partial charge in [0.25, 0.3) is 5.91 Å². The summed E-state index contributed by atoms with van der Waals surface area (Å²) in [5.41, 5.74) is 11.4. The van der Waals surface area contributed by atoms with Crippen LogP contribution in [0.1, 0.15) is 32.9 Å². The van der Waals surface area contributed by atoms with E-state index in [0.717, 1.165) is 28.2 Å². The molecule has 3 N–H and O–H groups in total. The third-order valence-corrected chi connectivity index (χ3v) is 3.42. The minimum Gasteiger partial charge on any atom is -0.398 e. The molecule has 0 atom stereocenters. The van der Waals surface area contributed by atoms with E-state index in [1.54, 1.807) is 6.07 Å². The normalized spacial score (nSPS) is 10.4. The maximum Gasteiger partial charge on any atom is 0.257 e. The first-order chi connectivity index (χ1) is 9.40. The lowest BCUT2D eigenvalue weighted by Crippen LogP contribution is -2.16. The number of rotatable bonds is 2. The molecular formula is C16H19N3O. The van der Waals surface area contributed by atoms with Crippen LogP contribution in [0.5, 0.6) is 0 Å². The van der Waals surface area contributed by atoms with Crippen LogP contribution in [0.2, 0.25) is 0 Å². The Morgan fingerprint density at radius 2 is 1.80 bits per heavy atom. The number of nitrogens with one attached hydrogen (secondary N) is 1. The van der Waals surface area contributed by atoms with Crippen LogP contribution >= 0.6 is 0 Å². The second kappa shape index (κ2) is 5.33. The highest BCUT2D eigenvalue weighted by atomic mass is 16.1. The molecule has 2 aromatic rings. The van der Waals surface area contributed by atoms with Crippen LogP contribution in [-0.4, -0.2) is 10.9 Å². The van der Waals surface area contributed by atoms with E-state index in [9.17, 15) is 4.79 Å². The lowest BCUT2D eigenvalue weighted by atomic mass is 10.1. The molecule has 1 aromatic carbocycles. The fourth-order valence-electron chi connectivity index (χ4n) is 2.16. The van der Waals surface area contributed by atoms with Crippen LogP contribution in [0.25, 0.3) is 0 Å². The number of anilines is 2. The van der Waals surface area contributed by atoms with Crippen LogP contribution in [0.3, 0.4) is 0 Å². The number of carbonyl (C=O) groups is 1. The Bertz CT molecular complexity index is 678. The molecular weight excluding hydrogens is 250 g/mol. The van der Waals surface area contributed by atoms with Crippen molar-refractivity contribution in [1.82, 2.24) is 4.98 Å². The van der Waals surface area contributed by atoms with Gasteiger partial charge in [0.2, 0.25) is 0 Å². The third kappa shape index (κ3) is 2.64. The summed E-state index contributed by atoms with van der Waals surface area (Å²) >= 11 is 0. The summed E-state index contributed by atoms with van der Waals surface area (Å²) < 4.78 is 0. The van der Waals surface area contributed by atoms with Gasteiger partial charge in [0, 0.05) is 17.1 Å². The first-order valence-electron chi connectivity index (χ1n) is 6.51. The summed E-state index contributed by atoms with van der Waals surface area (Å²) in [7, 11) is 0. The zero-order valence-corrected chi connectivity index (χ0v) is 12.2. The summed E-state index contributed by atoms with van der Waals surface area (Å²) in [6, 6.07) is 7.38. The molecule has 0 saturated heterocycles. The van der Waals surface area contributed by atoms with Crippen LogP contribution in [0.4, 0.5) is 11.4 Å². The van der Waals surface area contributed by atoms with E-state index in [1.807, 2.05) is 45.9 Å². The van der Waals surface area contributed by atoms with Crippen molar-refractivity contribution >= 4 is 17.3 Å². The quantitative estimate of drug-likeness (QED) is 0.823. The van der Waals surface area contributed by atoms with E-state index >= 15 is 0 Å². The zero-order chi connectivity index (χ0) is 14.9. The molecule has 1 heterocycles. The molecule has 4 heteroatoms. The number of carbonyl (C=O) groups excluding carboxylic acids is 1. The molecule has 0 aliphatic heterocycles. The van der Waals surface area contributed by atoms with E-state index in [2.05, 4.69) is 10.3 Å². The number of benzene rings is 1. The molecule has 2 rings (SSSR count). The summed E-state index contributed by atoms with van der Waals surface area (Å²) in [6.45, 7) is 7.59. The number of hydrogen-bond acceptors (Lipinski definition) is 3. The monoisotopic (exact) mass is 269 g/mol. The average molecular weight is 269 g/mol. The van der Waals surface area contributed by atoms with E-state index in [1.165, 1.54) is 0 Å². The summed E-state index contributed by atoms with van der Waals surface area (Å²) in [5, 5.41) is 2.94. The predicted molar refractivity (Wildman–Crippen MR) is 82.0 cm³/mol. The highest BCUT2D eigenvalue weighted by molar-refractivity contribution is 6.06. The molecule has 0 radical (unpaired) electrons. The van der Waals surface area contributed by atoms with Crippen LogP contribution in [0.15, 0.2) is 24.3 Å². The standard InChI is InChI=1S/C16H19N3O/c1-9-5-8-14(17)11(3)15(9)19-16(20)13-7-6-10(2)18-12(13)4/h5-8H,17H2,1-4H3,(H,19,20). The van der Waals surface area contributed by atoms with E-state index in [0.29, 0.717) is 11.3 Å². The summed E-state index contributed by atoms with van der Waals surface area (Å²) in [6.07, 6.45) is 0. The van der Waals surface area contributed by atoms with Crippen molar-refractivity contribution in [3.8, 4) is 0 Å². The van der Waals surface area contributed by atoms with Gasteiger partial charge < -0.3 is 11.1 Å². The Balaban J connectivity index is 2.35. The Hall–Kier alpha value is -2.36. The Morgan fingerprint density at radius 1 is 1.10 bits per heavy atom. The first-order valence-corrected chi connectivity index (χ1v) is 6.51. The van der Waals surface area contributed by atoms with Crippen LogP contribution < -0.4 is 11.1 Å². The Kier molecular flexibility index (Phi) is 3.74. The minimum atomic E-state index is -0.160. The highest BCUT2D eigenvalue weighted by Gasteiger charge is 2.13. The first kappa shape index (κ1) is 14.1. The molecule has 0 unspecified atom stereocenters. The topological polar surface area (TPSA) is 68.0 Å². The van der Waals surface area contributed by atoms with Crippen molar-refractivity contribution in [3.05, 3.63) is 52.3 Å². The fraction of sp³-hybridized carbons (Fsp3) is 0.250. The maximum absolute atomic E-state index is 12.4. The van der Waals surface area contributed by atoms with Crippen LogP contribution in [-0.2, 0) is 0 Å². The summed E-state index contributed by atoms with van der Waals surface area (Å²) in [4.78, 5) is 16.7. The van der Waals surface area contributed by atoms with Gasteiger partial charge in [0.05, 0.1) is 11.3 Å². The molecule has 20 heavy (non-hydrogen) atoms. The second-order valence-corrected chi connectivity index (χ2v) is 5.01. The smallest absolute Gasteiger partial charge is 0.257 e. The zero-order valence-electron chi connectivity index (χ0n) is 12.2. The molecule has 0 saturated carbocycles. The van der Waals surface area contributed by atoms with Gasteiger partial charge in [0.1, 0.15) is 0 Å². The number of aryl methyl sites for hydroxylation is 3. The second-order valence-electron chi connectivity index (χ2n) is 5.01. The lowest BCUT2D eigenvalue weighted by Gasteiger charge is -2.14. The van der Waals surface area contributed by atoms with Gasteiger partial charge in [-0.3, -0.25) is 9.78 Å². The number of amides is 1. The lowest BCUT2D eigenvalue weighted by molar-refractivity contribution is 0.102. The van der Waals surface area contributed by atoms with E-state index < -0.39 is 0 Å². The predicted octanol–water partition coefficient (Wildman–Crippen LogP) is 3.15.